The summed E-state index contributed by atoms with van der Waals surface area (Å²) in [6, 6.07) is 0.361. The zero-order valence-corrected chi connectivity index (χ0v) is 12.2. The maximum atomic E-state index is 12.1. The fourth-order valence-electron chi connectivity index (χ4n) is 1.52. The quantitative estimate of drug-likeness (QED) is 0.788. The van der Waals surface area contributed by atoms with Crippen LogP contribution in [-0.4, -0.2) is 28.2 Å². The molecule has 0 spiro atoms. The summed E-state index contributed by atoms with van der Waals surface area (Å²) in [7, 11) is 0. The summed E-state index contributed by atoms with van der Waals surface area (Å²) in [6.45, 7) is 7.38. The summed E-state index contributed by atoms with van der Waals surface area (Å²) in [5.41, 5.74) is 0.669. The summed E-state index contributed by atoms with van der Waals surface area (Å²) in [4.78, 5) is 12.1. The van der Waals surface area contributed by atoms with Crippen molar-refractivity contribution in [3.05, 3.63) is 16.4 Å². The van der Waals surface area contributed by atoms with E-state index >= 15 is 0 Å². The number of carbonyl (C=O) groups excluding carboxylic acids is 1. The second kappa shape index (κ2) is 6.91. The van der Waals surface area contributed by atoms with E-state index in [4.69, 9.17) is 0 Å². The monoisotopic (exact) mass is 301 g/mol. The summed E-state index contributed by atoms with van der Waals surface area (Å²) in [5.74, 6) is 0.0862. The normalized spacial score (nSPS) is 12.7. The Kier molecular flexibility index (Phi) is 5.85. The van der Waals surface area contributed by atoms with Gasteiger partial charge in [-0.3, -0.25) is 9.48 Å². The molecule has 0 amide bonds. The first-order chi connectivity index (χ1) is 8.10. The molecule has 0 saturated heterocycles. The van der Waals surface area contributed by atoms with Gasteiger partial charge in [-0.1, -0.05) is 13.8 Å². The fourth-order valence-corrected chi connectivity index (χ4v) is 2.03. The van der Waals surface area contributed by atoms with Crippen LogP contribution >= 0.6 is 15.9 Å². The number of carbonyl (C=O) groups is 1. The van der Waals surface area contributed by atoms with Gasteiger partial charge in [-0.25, -0.2) is 0 Å². The van der Waals surface area contributed by atoms with Crippen LogP contribution in [0.1, 0.15) is 44.1 Å². The van der Waals surface area contributed by atoms with E-state index in [1.54, 1.807) is 10.9 Å². The molecule has 0 saturated carbocycles. The molecule has 17 heavy (non-hydrogen) atoms. The molecule has 0 aliphatic heterocycles. The number of aromatic nitrogens is 2. The molecule has 4 nitrogen and oxygen atoms in total. The molecule has 0 radical (unpaired) electrons. The largest absolute Gasteiger partial charge is 0.307 e. The lowest BCUT2D eigenvalue weighted by Gasteiger charge is -2.11. The number of hydrogen-bond donors (Lipinski definition) is 1. The van der Waals surface area contributed by atoms with Gasteiger partial charge < -0.3 is 5.32 Å². The number of hydrogen-bond acceptors (Lipinski definition) is 3. The molecule has 1 atom stereocenters. The minimum atomic E-state index is 0.0862. The molecule has 1 N–H and O–H groups in total. The van der Waals surface area contributed by atoms with E-state index in [0.29, 0.717) is 18.3 Å². The Morgan fingerprint density at radius 1 is 1.59 bits per heavy atom. The lowest BCUT2D eigenvalue weighted by molar-refractivity contribution is 0.0976. The lowest BCUT2D eigenvalue weighted by atomic mass is 10.2. The van der Waals surface area contributed by atoms with Crippen LogP contribution in [0.4, 0.5) is 0 Å². The molecule has 1 aromatic heterocycles. The Hall–Kier alpha value is -0.680. The third kappa shape index (κ3) is 3.92. The van der Waals surface area contributed by atoms with Gasteiger partial charge in [-0.2, -0.15) is 5.10 Å². The van der Waals surface area contributed by atoms with E-state index in [9.17, 15) is 4.79 Å². The van der Waals surface area contributed by atoms with Crippen molar-refractivity contribution in [3.8, 4) is 0 Å². The van der Waals surface area contributed by atoms with Gasteiger partial charge in [-0.15, -0.1) is 0 Å². The van der Waals surface area contributed by atoms with Crippen molar-refractivity contribution < 1.29 is 4.79 Å². The summed E-state index contributed by atoms with van der Waals surface area (Å²) < 4.78 is 2.55. The number of nitrogens with one attached hydrogen (secondary N) is 1. The minimum absolute atomic E-state index is 0.0862. The van der Waals surface area contributed by atoms with E-state index in [2.05, 4.69) is 47.1 Å². The van der Waals surface area contributed by atoms with E-state index in [1.807, 2.05) is 0 Å². The van der Waals surface area contributed by atoms with Gasteiger partial charge in [0.1, 0.15) is 5.69 Å². The van der Waals surface area contributed by atoms with Crippen LogP contribution in [0.25, 0.3) is 0 Å². The van der Waals surface area contributed by atoms with Crippen molar-refractivity contribution in [1.29, 1.82) is 0 Å². The van der Waals surface area contributed by atoms with Crippen molar-refractivity contribution in [2.24, 2.45) is 0 Å². The molecule has 0 aliphatic rings. The fraction of sp³-hybridized carbons (Fsp3) is 0.667. The molecule has 1 aromatic rings. The van der Waals surface area contributed by atoms with E-state index < -0.39 is 0 Å². The number of aryl methyl sites for hydroxylation is 1. The maximum Gasteiger partial charge on any atom is 0.195 e. The van der Waals surface area contributed by atoms with Crippen molar-refractivity contribution in [3.63, 3.8) is 0 Å². The first kappa shape index (κ1) is 14.4. The Morgan fingerprint density at radius 2 is 2.29 bits per heavy atom. The molecule has 1 unspecified atom stereocenters. The minimum Gasteiger partial charge on any atom is -0.307 e. The van der Waals surface area contributed by atoms with Crippen molar-refractivity contribution in [2.75, 3.05) is 6.54 Å². The van der Waals surface area contributed by atoms with Gasteiger partial charge >= 0.3 is 0 Å². The summed E-state index contributed by atoms with van der Waals surface area (Å²) in [6.07, 6.45) is 3.67. The van der Waals surface area contributed by atoms with E-state index in [-0.39, 0.29) is 5.78 Å². The number of halogens is 1. The van der Waals surface area contributed by atoms with Crippen LogP contribution in [0, 0.1) is 0 Å². The van der Waals surface area contributed by atoms with Crippen LogP contribution in [0.2, 0.25) is 0 Å². The molecule has 1 rings (SSSR count). The number of ketones is 1. The second-order valence-corrected chi connectivity index (χ2v) is 5.03. The third-order valence-electron chi connectivity index (χ3n) is 2.72. The average Bonchev–Trinajstić information content (AvgIpc) is 2.67. The predicted molar refractivity (Wildman–Crippen MR) is 72.3 cm³/mol. The summed E-state index contributed by atoms with van der Waals surface area (Å²) >= 11 is 3.38. The first-order valence-corrected chi connectivity index (χ1v) is 6.87. The Labute approximate surface area is 111 Å². The first-order valence-electron chi connectivity index (χ1n) is 6.08. The maximum absolute atomic E-state index is 12.1. The van der Waals surface area contributed by atoms with Crippen LogP contribution in [0.5, 0.6) is 0 Å². The highest BCUT2D eigenvalue weighted by molar-refractivity contribution is 9.10. The zero-order chi connectivity index (χ0) is 12.8. The molecule has 5 heteroatoms. The SMILES string of the molecule is CCCn1ncc(Br)c1C(=O)CNC(C)CC. The number of Topliss-reactive ketones (excluding diaryl/α,β-unsaturated/α-hetero) is 1. The average molecular weight is 302 g/mol. The van der Waals surface area contributed by atoms with E-state index in [1.165, 1.54) is 0 Å². The Balaban J connectivity index is 2.70. The van der Waals surface area contributed by atoms with E-state index in [0.717, 1.165) is 23.9 Å². The molecule has 0 aliphatic carbocycles. The summed E-state index contributed by atoms with van der Waals surface area (Å²) in [5, 5.41) is 7.40. The molecule has 0 bridgehead atoms. The third-order valence-corrected chi connectivity index (χ3v) is 3.30. The highest BCUT2D eigenvalue weighted by atomic mass is 79.9. The molecule has 96 valence electrons. The Bertz CT molecular complexity index is 376. The topological polar surface area (TPSA) is 46.9 Å². The number of nitrogens with zero attached hydrogens (tertiary/aromatic N) is 2. The van der Waals surface area contributed by atoms with Crippen molar-refractivity contribution in [2.45, 2.75) is 46.2 Å². The van der Waals surface area contributed by atoms with Gasteiger partial charge in [0.25, 0.3) is 0 Å². The van der Waals surface area contributed by atoms with Crippen molar-refractivity contribution in [1.82, 2.24) is 15.1 Å². The van der Waals surface area contributed by atoms with Gasteiger partial charge in [0.05, 0.1) is 17.2 Å². The molecule has 0 aromatic carbocycles. The van der Waals surface area contributed by atoms with Crippen molar-refractivity contribution >= 4 is 21.7 Å². The van der Waals surface area contributed by atoms with Crippen LogP contribution in [0.15, 0.2) is 10.7 Å². The predicted octanol–water partition coefficient (Wildman–Crippen LogP) is 2.63. The molecule has 0 fully saturated rings. The highest BCUT2D eigenvalue weighted by Crippen LogP contribution is 2.16. The van der Waals surface area contributed by atoms with Crippen LogP contribution in [0.3, 0.4) is 0 Å². The molecular weight excluding hydrogens is 282 g/mol. The number of rotatable bonds is 7. The standard InChI is InChI=1S/C12H20BrN3O/c1-4-6-16-12(10(13)7-15-16)11(17)8-14-9(3)5-2/h7,9,14H,4-6,8H2,1-3H3. The van der Waals surface area contributed by atoms with Crippen LogP contribution < -0.4 is 5.32 Å². The smallest absolute Gasteiger partial charge is 0.195 e. The van der Waals surface area contributed by atoms with Crippen LogP contribution in [-0.2, 0) is 6.54 Å². The van der Waals surface area contributed by atoms with Gasteiger partial charge in [-0.05, 0) is 35.7 Å². The van der Waals surface area contributed by atoms with Gasteiger partial charge in [0.2, 0.25) is 0 Å². The van der Waals surface area contributed by atoms with Gasteiger partial charge in [0.15, 0.2) is 5.78 Å². The lowest BCUT2D eigenvalue weighted by Crippen LogP contribution is -2.32. The Morgan fingerprint density at radius 3 is 2.88 bits per heavy atom. The second-order valence-electron chi connectivity index (χ2n) is 4.18. The van der Waals surface area contributed by atoms with Gasteiger partial charge in [0, 0.05) is 12.6 Å². The molecule has 1 heterocycles. The highest BCUT2D eigenvalue weighted by Gasteiger charge is 2.16. The molecular formula is C12H20BrN3O. The zero-order valence-electron chi connectivity index (χ0n) is 10.7.